The van der Waals surface area contributed by atoms with Crippen molar-refractivity contribution >= 4 is 17.6 Å². The van der Waals surface area contributed by atoms with Gasteiger partial charge in [-0.3, -0.25) is 0 Å². The van der Waals surface area contributed by atoms with Crippen LogP contribution in [0.1, 0.15) is 49.5 Å². The normalized spacial score (nSPS) is 17.5. The van der Waals surface area contributed by atoms with Crippen LogP contribution < -0.4 is 11.1 Å². The zero-order valence-electron chi connectivity index (χ0n) is 12.9. The first-order chi connectivity index (χ1) is 10.1. The molecular formula is C14H24N4O3. The first kappa shape index (κ1) is 15.6. The molecule has 1 aromatic rings. The van der Waals surface area contributed by atoms with Gasteiger partial charge in [0.25, 0.3) is 0 Å². The van der Waals surface area contributed by atoms with Gasteiger partial charge in [-0.1, -0.05) is 6.92 Å². The van der Waals surface area contributed by atoms with Crippen molar-refractivity contribution in [3.63, 3.8) is 0 Å². The number of hydrogen-bond acceptors (Lipinski definition) is 6. The van der Waals surface area contributed by atoms with Gasteiger partial charge in [0.05, 0.1) is 13.2 Å². The first-order valence-corrected chi connectivity index (χ1v) is 7.39. The number of esters is 1. The second kappa shape index (κ2) is 6.80. The van der Waals surface area contributed by atoms with Crippen molar-refractivity contribution in [2.75, 3.05) is 31.4 Å². The number of methoxy groups -OCH3 is 1. The van der Waals surface area contributed by atoms with Crippen molar-refractivity contribution in [3.8, 4) is 0 Å². The summed E-state index contributed by atoms with van der Waals surface area (Å²) in [4.78, 5) is 12.0. The fourth-order valence-electron chi connectivity index (χ4n) is 2.40. The lowest BCUT2D eigenvalue weighted by Gasteiger charge is -2.23. The van der Waals surface area contributed by atoms with E-state index in [9.17, 15) is 4.79 Å². The number of rotatable bonds is 5. The number of nitrogens with two attached hydrogens (primary N) is 1. The third-order valence-corrected chi connectivity index (χ3v) is 3.91. The summed E-state index contributed by atoms with van der Waals surface area (Å²) in [5.74, 6) is 0.397. The van der Waals surface area contributed by atoms with Crippen molar-refractivity contribution in [1.29, 1.82) is 0 Å². The van der Waals surface area contributed by atoms with Gasteiger partial charge in [-0.2, -0.15) is 5.10 Å². The minimum atomic E-state index is -0.461. The molecular weight excluding hydrogens is 272 g/mol. The van der Waals surface area contributed by atoms with Crippen LogP contribution in [-0.4, -0.2) is 42.1 Å². The van der Waals surface area contributed by atoms with Crippen LogP contribution in [-0.2, 0) is 9.47 Å². The Balaban J connectivity index is 2.30. The Kier molecular flexibility index (Phi) is 5.06. The average Bonchev–Trinajstić information content (AvgIpc) is 2.83. The topological polar surface area (TPSA) is 91.4 Å². The summed E-state index contributed by atoms with van der Waals surface area (Å²) in [6.45, 7) is 5.50. The van der Waals surface area contributed by atoms with Gasteiger partial charge >= 0.3 is 5.97 Å². The highest BCUT2D eigenvalue weighted by molar-refractivity contribution is 5.99. The summed E-state index contributed by atoms with van der Waals surface area (Å²) in [6.07, 6.45) is 2.65. The number of nitrogens with one attached hydrogen (secondary N) is 1. The van der Waals surface area contributed by atoms with E-state index in [1.807, 2.05) is 6.92 Å². The molecule has 0 aromatic carbocycles. The number of anilines is 2. The van der Waals surface area contributed by atoms with Gasteiger partial charge in [0.15, 0.2) is 5.82 Å². The Hall–Kier alpha value is -1.76. The third-order valence-electron chi connectivity index (χ3n) is 3.91. The summed E-state index contributed by atoms with van der Waals surface area (Å²) in [5, 5.41) is 7.79. The number of ether oxygens (including phenoxy) is 2. The van der Waals surface area contributed by atoms with Crippen LogP contribution in [0.15, 0.2) is 0 Å². The van der Waals surface area contributed by atoms with E-state index >= 15 is 0 Å². The fourth-order valence-corrected chi connectivity index (χ4v) is 2.40. The molecule has 1 aromatic heterocycles. The quantitative estimate of drug-likeness (QED) is 0.805. The number of carbonyl (C=O) groups is 1. The summed E-state index contributed by atoms with van der Waals surface area (Å²) < 4.78 is 11.9. The van der Waals surface area contributed by atoms with Crippen molar-refractivity contribution in [2.45, 2.75) is 45.2 Å². The molecule has 1 atom stereocenters. The smallest absolute Gasteiger partial charge is 0.345 e. The van der Waals surface area contributed by atoms with E-state index in [4.69, 9.17) is 15.2 Å². The summed E-state index contributed by atoms with van der Waals surface area (Å²) in [6, 6.07) is 0.362. The Morgan fingerprint density at radius 2 is 2.24 bits per heavy atom. The monoisotopic (exact) mass is 296 g/mol. The summed E-state index contributed by atoms with van der Waals surface area (Å²) >= 11 is 0. The molecule has 0 bridgehead atoms. The second-order valence-corrected chi connectivity index (χ2v) is 5.33. The fraction of sp³-hybridized carbons (Fsp3) is 0.714. The van der Waals surface area contributed by atoms with Gasteiger partial charge in [-0.05, 0) is 26.2 Å². The third kappa shape index (κ3) is 3.29. The Labute approximate surface area is 124 Å². The molecule has 3 N–H and O–H groups in total. The maximum absolute atomic E-state index is 12.0. The molecule has 21 heavy (non-hydrogen) atoms. The minimum Gasteiger partial charge on any atom is -0.465 e. The average molecular weight is 296 g/mol. The van der Waals surface area contributed by atoms with Crippen LogP contribution in [0, 0.1) is 0 Å². The van der Waals surface area contributed by atoms with Gasteiger partial charge < -0.3 is 20.5 Å². The van der Waals surface area contributed by atoms with Crippen LogP contribution in [0.2, 0.25) is 0 Å². The van der Waals surface area contributed by atoms with Gasteiger partial charge in [0.2, 0.25) is 0 Å². The van der Waals surface area contributed by atoms with Crippen molar-refractivity contribution in [2.24, 2.45) is 0 Å². The lowest BCUT2D eigenvalue weighted by atomic mass is 10.1. The van der Waals surface area contributed by atoms with Gasteiger partial charge in [-0.25, -0.2) is 9.48 Å². The highest BCUT2D eigenvalue weighted by atomic mass is 16.5. The molecule has 1 aliphatic heterocycles. The molecule has 0 spiro atoms. The Bertz CT molecular complexity index is 495. The zero-order valence-corrected chi connectivity index (χ0v) is 12.9. The van der Waals surface area contributed by atoms with Crippen molar-refractivity contribution in [1.82, 2.24) is 9.78 Å². The van der Waals surface area contributed by atoms with E-state index in [0.29, 0.717) is 30.4 Å². The van der Waals surface area contributed by atoms with Crippen LogP contribution in [0.4, 0.5) is 11.6 Å². The van der Waals surface area contributed by atoms with Gasteiger partial charge in [0.1, 0.15) is 11.4 Å². The van der Waals surface area contributed by atoms with Crippen molar-refractivity contribution in [3.05, 3.63) is 5.56 Å². The summed E-state index contributed by atoms with van der Waals surface area (Å²) in [5.41, 5.74) is 6.42. The predicted molar refractivity (Wildman–Crippen MR) is 80.4 cm³/mol. The number of nitrogens with zero attached hydrogens (tertiary/aromatic N) is 2. The summed E-state index contributed by atoms with van der Waals surface area (Å²) in [7, 11) is 1.35. The largest absolute Gasteiger partial charge is 0.465 e. The lowest BCUT2D eigenvalue weighted by Crippen LogP contribution is -2.28. The maximum Gasteiger partial charge on any atom is 0.345 e. The molecule has 0 radical (unpaired) electrons. The molecule has 118 valence electrons. The predicted octanol–water partition coefficient (Wildman–Crippen LogP) is 1.81. The zero-order chi connectivity index (χ0) is 15.4. The van der Waals surface area contributed by atoms with E-state index in [1.54, 1.807) is 4.68 Å². The van der Waals surface area contributed by atoms with Crippen LogP contribution in [0.25, 0.3) is 0 Å². The van der Waals surface area contributed by atoms with Gasteiger partial charge in [0, 0.05) is 19.3 Å². The Morgan fingerprint density at radius 1 is 1.57 bits per heavy atom. The van der Waals surface area contributed by atoms with Crippen LogP contribution >= 0.6 is 0 Å². The SMILES string of the molecule is CCC(C)n1nc(NC2CCOCC2)c(C(=O)OC)c1N. The molecule has 0 aliphatic carbocycles. The highest BCUT2D eigenvalue weighted by Crippen LogP contribution is 2.28. The van der Waals surface area contributed by atoms with E-state index in [0.717, 1.165) is 19.3 Å². The maximum atomic E-state index is 12.0. The highest BCUT2D eigenvalue weighted by Gasteiger charge is 2.26. The first-order valence-electron chi connectivity index (χ1n) is 7.39. The van der Waals surface area contributed by atoms with E-state index < -0.39 is 5.97 Å². The van der Waals surface area contributed by atoms with Gasteiger partial charge in [-0.15, -0.1) is 0 Å². The second-order valence-electron chi connectivity index (χ2n) is 5.33. The van der Waals surface area contributed by atoms with E-state index in [-0.39, 0.29) is 12.1 Å². The molecule has 1 unspecified atom stereocenters. The van der Waals surface area contributed by atoms with Crippen molar-refractivity contribution < 1.29 is 14.3 Å². The number of aromatic nitrogens is 2. The number of nitrogen functional groups attached to an aromatic ring is 1. The lowest BCUT2D eigenvalue weighted by molar-refractivity contribution is 0.0602. The minimum absolute atomic E-state index is 0.124. The van der Waals surface area contributed by atoms with Crippen LogP contribution in [0.3, 0.4) is 0 Å². The Morgan fingerprint density at radius 3 is 2.81 bits per heavy atom. The molecule has 7 nitrogen and oxygen atoms in total. The molecule has 0 amide bonds. The van der Waals surface area contributed by atoms with E-state index in [1.165, 1.54) is 7.11 Å². The van der Waals surface area contributed by atoms with E-state index in [2.05, 4.69) is 17.3 Å². The van der Waals surface area contributed by atoms with Crippen LogP contribution in [0.5, 0.6) is 0 Å². The molecule has 2 rings (SSSR count). The molecule has 1 saturated heterocycles. The standard InChI is InChI=1S/C14H24N4O3/c1-4-9(2)18-12(15)11(14(19)20-3)13(17-18)16-10-5-7-21-8-6-10/h9-10H,4-8,15H2,1-3H3,(H,16,17). The molecule has 1 aliphatic rings. The molecule has 7 heteroatoms. The molecule has 0 saturated carbocycles. The molecule has 2 heterocycles. The number of hydrogen-bond donors (Lipinski definition) is 2. The number of carbonyl (C=O) groups excluding carboxylic acids is 1. The molecule has 1 fully saturated rings.